The Balaban J connectivity index is 1.46. The van der Waals surface area contributed by atoms with Crippen LogP contribution in [-0.4, -0.2) is 25.1 Å². The lowest BCUT2D eigenvalue weighted by atomic mass is 10.1. The van der Waals surface area contributed by atoms with Crippen molar-refractivity contribution < 1.29 is 18.7 Å². The molecule has 0 unspecified atom stereocenters. The van der Waals surface area contributed by atoms with E-state index >= 15 is 0 Å². The molecular formula is C23H19ClN2O4. The molecule has 0 atom stereocenters. The summed E-state index contributed by atoms with van der Waals surface area (Å²) in [4.78, 5) is 17.1. The van der Waals surface area contributed by atoms with E-state index in [0.29, 0.717) is 45.7 Å². The first-order valence-corrected chi connectivity index (χ1v) is 9.60. The van der Waals surface area contributed by atoms with Crippen molar-refractivity contribution in [2.24, 2.45) is 0 Å². The lowest BCUT2D eigenvalue weighted by Crippen LogP contribution is -2.12. The van der Waals surface area contributed by atoms with Gasteiger partial charge in [0.25, 0.3) is 5.91 Å². The molecule has 4 rings (SSSR count). The van der Waals surface area contributed by atoms with Crippen molar-refractivity contribution in [3.63, 3.8) is 0 Å². The predicted octanol–water partition coefficient (Wildman–Crippen LogP) is 5.34. The topological polar surface area (TPSA) is 73.6 Å². The van der Waals surface area contributed by atoms with Crippen LogP contribution in [0.4, 0.5) is 5.69 Å². The Bertz CT molecular complexity index is 1180. The summed E-state index contributed by atoms with van der Waals surface area (Å²) in [6.45, 7) is 0. The van der Waals surface area contributed by atoms with Crippen molar-refractivity contribution in [3.8, 4) is 11.5 Å². The van der Waals surface area contributed by atoms with Crippen LogP contribution in [0.2, 0.25) is 5.02 Å². The van der Waals surface area contributed by atoms with Crippen molar-refractivity contribution in [1.29, 1.82) is 0 Å². The molecule has 1 amide bonds. The number of hydrogen-bond donors (Lipinski definition) is 1. The summed E-state index contributed by atoms with van der Waals surface area (Å²) in [6.07, 6.45) is 0.535. The molecular weight excluding hydrogens is 404 g/mol. The molecule has 1 aromatic heterocycles. The maximum Gasteiger partial charge on any atom is 0.255 e. The zero-order valence-corrected chi connectivity index (χ0v) is 17.2. The van der Waals surface area contributed by atoms with Crippen LogP contribution >= 0.6 is 11.6 Å². The molecule has 0 bridgehead atoms. The fraction of sp³-hybridized carbons (Fsp3) is 0.130. The van der Waals surface area contributed by atoms with Crippen molar-refractivity contribution in [2.75, 3.05) is 19.5 Å². The number of carbonyl (C=O) groups is 1. The van der Waals surface area contributed by atoms with E-state index < -0.39 is 0 Å². The highest BCUT2D eigenvalue weighted by Gasteiger charge is 2.11. The number of methoxy groups -OCH3 is 2. The van der Waals surface area contributed by atoms with Crippen LogP contribution < -0.4 is 14.8 Å². The number of benzene rings is 3. The first-order chi connectivity index (χ1) is 14.5. The SMILES string of the molecule is COc1cc(OC)cc(C(=O)Nc2ccc(Cc3nc4cc(Cl)ccc4o3)cc2)c1. The normalized spacial score (nSPS) is 10.8. The smallest absolute Gasteiger partial charge is 0.255 e. The summed E-state index contributed by atoms with van der Waals surface area (Å²) in [5.74, 6) is 1.45. The van der Waals surface area contributed by atoms with E-state index in [2.05, 4.69) is 10.3 Å². The van der Waals surface area contributed by atoms with Gasteiger partial charge in [-0.25, -0.2) is 4.98 Å². The lowest BCUT2D eigenvalue weighted by Gasteiger charge is -2.09. The molecule has 0 spiro atoms. The predicted molar refractivity (Wildman–Crippen MR) is 116 cm³/mol. The third-order valence-corrected chi connectivity index (χ3v) is 4.81. The molecule has 30 heavy (non-hydrogen) atoms. The van der Waals surface area contributed by atoms with Gasteiger partial charge in [-0.3, -0.25) is 4.79 Å². The number of oxazole rings is 1. The lowest BCUT2D eigenvalue weighted by molar-refractivity contribution is 0.102. The van der Waals surface area contributed by atoms with Crippen LogP contribution in [-0.2, 0) is 6.42 Å². The van der Waals surface area contributed by atoms with Gasteiger partial charge in [0.2, 0.25) is 0 Å². The summed E-state index contributed by atoms with van der Waals surface area (Å²) in [6, 6.07) is 17.9. The maximum absolute atomic E-state index is 12.6. The molecule has 0 aliphatic heterocycles. The maximum atomic E-state index is 12.6. The molecule has 0 saturated carbocycles. The van der Waals surface area contributed by atoms with Gasteiger partial charge in [-0.2, -0.15) is 0 Å². The molecule has 1 N–H and O–H groups in total. The van der Waals surface area contributed by atoms with E-state index in [4.69, 9.17) is 25.5 Å². The van der Waals surface area contributed by atoms with E-state index in [-0.39, 0.29) is 5.91 Å². The van der Waals surface area contributed by atoms with Crippen molar-refractivity contribution in [1.82, 2.24) is 4.98 Å². The second kappa shape index (κ2) is 8.47. The fourth-order valence-corrected chi connectivity index (χ4v) is 3.21. The van der Waals surface area contributed by atoms with Gasteiger partial charge in [0.15, 0.2) is 11.5 Å². The molecule has 0 radical (unpaired) electrons. The molecule has 3 aromatic carbocycles. The third-order valence-electron chi connectivity index (χ3n) is 4.57. The zero-order chi connectivity index (χ0) is 21.1. The second-order valence-corrected chi connectivity index (χ2v) is 7.09. The minimum atomic E-state index is -0.254. The van der Waals surface area contributed by atoms with E-state index in [1.165, 1.54) is 0 Å². The summed E-state index contributed by atoms with van der Waals surface area (Å²) in [5, 5.41) is 3.50. The Morgan fingerprint density at radius 2 is 1.70 bits per heavy atom. The van der Waals surface area contributed by atoms with Crippen LogP contribution in [0.1, 0.15) is 21.8 Å². The molecule has 6 nitrogen and oxygen atoms in total. The molecule has 152 valence electrons. The van der Waals surface area contributed by atoms with E-state index in [1.807, 2.05) is 24.3 Å². The van der Waals surface area contributed by atoms with Crippen LogP contribution in [0.3, 0.4) is 0 Å². The molecule has 7 heteroatoms. The van der Waals surface area contributed by atoms with Crippen molar-refractivity contribution in [3.05, 3.63) is 82.7 Å². The number of amides is 1. The van der Waals surface area contributed by atoms with Gasteiger partial charge >= 0.3 is 0 Å². The van der Waals surface area contributed by atoms with Crippen LogP contribution in [0.15, 0.2) is 65.1 Å². The number of rotatable bonds is 6. The van der Waals surface area contributed by atoms with Gasteiger partial charge < -0.3 is 19.2 Å². The molecule has 0 fully saturated rings. The van der Waals surface area contributed by atoms with Crippen LogP contribution in [0.25, 0.3) is 11.1 Å². The first kappa shape index (κ1) is 19.8. The Morgan fingerprint density at radius 3 is 2.37 bits per heavy atom. The summed E-state index contributed by atoms with van der Waals surface area (Å²) in [5.41, 5.74) is 3.56. The number of halogens is 1. The average Bonchev–Trinajstić information content (AvgIpc) is 3.15. The minimum absolute atomic E-state index is 0.254. The number of carbonyl (C=O) groups excluding carboxylic acids is 1. The summed E-state index contributed by atoms with van der Waals surface area (Å²) in [7, 11) is 3.08. The summed E-state index contributed by atoms with van der Waals surface area (Å²) < 4.78 is 16.2. The highest BCUT2D eigenvalue weighted by Crippen LogP contribution is 2.24. The van der Waals surface area contributed by atoms with Gasteiger partial charge in [-0.15, -0.1) is 0 Å². The average molecular weight is 423 g/mol. The largest absolute Gasteiger partial charge is 0.497 e. The first-order valence-electron chi connectivity index (χ1n) is 9.22. The molecule has 0 saturated heterocycles. The van der Waals surface area contributed by atoms with E-state index in [9.17, 15) is 4.79 Å². The standard InChI is InChI=1S/C23H19ClN2O4/c1-28-18-10-15(11-19(13-18)29-2)23(27)25-17-6-3-14(4-7-17)9-22-26-20-12-16(24)5-8-21(20)30-22/h3-8,10-13H,9H2,1-2H3,(H,25,27). The number of anilines is 1. The Morgan fingerprint density at radius 1 is 1.00 bits per heavy atom. The quantitative estimate of drug-likeness (QED) is 0.454. The van der Waals surface area contributed by atoms with Crippen LogP contribution in [0, 0.1) is 0 Å². The van der Waals surface area contributed by atoms with Gasteiger partial charge in [0, 0.05) is 28.8 Å². The monoisotopic (exact) mass is 422 g/mol. The van der Waals surface area contributed by atoms with Crippen LogP contribution in [0.5, 0.6) is 11.5 Å². The molecule has 0 aliphatic carbocycles. The minimum Gasteiger partial charge on any atom is -0.497 e. The fourth-order valence-electron chi connectivity index (χ4n) is 3.05. The molecule has 0 aliphatic rings. The van der Waals surface area contributed by atoms with Gasteiger partial charge in [-0.1, -0.05) is 23.7 Å². The van der Waals surface area contributed by atoms with Gasteiger partial charge in [0.1, 0.15) is 17.0 Å². The number of nitrogens with one attached hydrogen (secondary N) is 1. The zero-order valence-electron chi connectivity index (χ0n) is 16.4. The third kappa shape index (κ3) is 4.39. The highest BCUT2D eigenvalue weighted by atomic mass is 35.5. The number of ether oxygens (including phenoxy) is 2. The Kier molecular flexibility index (Phi) is 5.59. The summed E-state index contributed by atoms with van der Waals surface area (Å²) >= 11 is 6.00. The molecule has 1 heterocycles. The number of hydrogen-bond acceptors (Lipinski definition) is 5. The van der Waals surface area contributed by atoms with Crippen molar-refractivity contribution in [2.45, 2.75) is 6.42 Å². The Labute approximate surface area is 178 Å². The number of fused-ring (bicyclic) bond motifs is 1. The number of aromatic nitrogens is 1. The molecule has 4 aromatic rings. The second-order valence-electron chi connectivity index (χ2n) is 6.65. The highest BCUT2D eigenvalue weighted by molar-refractivity contribution is 6.31. The van der Waals surface area contributed by atoms with E-state index in [0.717, 1.165) is 11.1 Å². The van der Waals surface area contributed by atoms with Gasteiger partial charge in [-0.05, 0) is 48.0 Å². The van der Waals surface area contributed by atoms with Gasteiger partial charge in [0.05, 0.1) is 14.2 Å². The van der Waals surface area contributed by atoms with Crippen molar-refractivity contribution >= 4 is 34.3 Å². The Hall–Kier alpha value is -3.51. The van der Waals surface area contributed by atoms with E-state index in [1.54, 1.807) is 50.6 Å². The number of nitrogens with zero attached hydrogens (tertiary/aromatic N) is 1.